The molecule has 2 amide bonds. The van der Waals surface area contributed by atoms with E-state index in [0.717, 1.165) is 24.6 Å². The molecule has 0 aliphatic carbocycles. The Bertz CT molecular complexity index is 2300. The number of methoxy groups -OCH3 is 2. The lowest BCUT2D eigenvalue weighted by Gasteiger charge is -2.41. The topological polar surface area (TPSA) is 133 Å². The average Bonchev–Trinajstić information content (AvgIpc) is 3.92. The molecule has 0 radical (unpaired) electrons. The Morgan fingerprint density at radius 1 is 1.17 bits per heavy atom. The molecule has 4 aliphatic rings. The predicted octanol–water partition coefficient (Wildman–Crippen LogP) is 6.58. The van der Waals surface area contributed by atoms with Crippen molar-refractivity contribution in [2.24, 2.45) is 0 Å². The number of likely N-dealkylation sites (tertiary alicyclic amines) is 2. The van der Waals surface area contributed by atoms with E-state index < -0.39 is 63.8 Å². The number of anilines is 2. The molecule has 2 aromatic carbocycles. The minimum absolute atomic E-state index is 0.0438. The Balaban J connectivity index is 1.29. The maximum atomic E-state index is 17.4. The van der Waals surface area contributed by atoms with Gasteiger partial charge in [-0.3, -0.25) is 4.90 Å². The van der Waals surface area contributed by atoms with Gasteiger partial charge in [0.25, 0.3) is 0 Å². The van der Waals surface area contributed by atoms with Crippen molar-refractivity contribution in [3.05, 3.63) is 41.0 Å². The van der Waals surface area contributed by atoms with Gasteiger partial charge in [0.2, 0.25) is 0 Å². The average molecular weight is 833 g/mol. The Labute approximate surface area is 334 Å². The fourth-order valence-corrected chi connectivity index (χ4v) is 10.3. The monoisotopic (exact) mass is 832 g/mol. The van der Waals surface area contributed by atoms with Gasteiger partial charge in [-0.2, -0.15) is 28.4 Å². The van der Waals surface area contributed by atoms with Gasteiger partial charge in [0.05, 0.1) is 59.2 Å². The number of halogens is 6. The number of nitriles is 1. The third kappa shape index (κ3) is 6.71. The number of benzene rings is 2. The number of hydrogen-bond donors (Lipinski definition) is 1. The van der Waals surface area contributed by atoms with Gasteiger partial charge in [0.1, 0.15) is 41.0 Å². The summed E-state index contributed by atoms with van der Waals surface area (Å²) < 4.78 is 110. The number of fused-ring (bicyclic) bond motifs is 3. The summed E-state index contributed by atoms with van der Waals surface area (Å²) in [5.41, 5.74) is 1.82. The van der Waals surface area contributed by atoms with Crippen molar-refractivity contribution in [1.29, 1.82) is 5.26 Å². The Morgan fingerprint density at radius 3 is 2.64 bits per heavy atom. The second kappa shape index (κ2) is 15.2. The van der Waals surface area contributed by atoms with E-state index in [2.05, 4.69) is 9.97 Å². The van der Waals surface area contributed by atoms with E-state index in [0.29, 0.717) is 43.8 Å². The van der Waals surface area contributed by atoms with Crippen molar-refractivity contribution >= 4 is 49.2 Å². The van der Waals surface area contributed by atoms with Crippen LogP contribution in [0, 0.1) is 23.0 Å². The third-order valence-corrected chi connectivity index (χ3v) is 13.2. The molecule has 4 saturated heterocycles. The molecule has 58 heavy (non-hydrogen) atoms. The van der Waals surface area contributed by atoms with Crippen molar-refractivity contribution in [2.75, 3.05) is 77.3 Å². The number of carbonyl (C=O) groups excluding carboxylic acids is 1. The molecular formula is C39H42F6N8O4S. The Morgan fingerprint density at radius 2 is 1.95 bits per heavy atom. The van der Waals surface area contributed by atoms with Gasteiger partial charge < -0.3 is 34.6 Å². The van der Waals surface area contributed by atoms with Gasteiger partial charge >= 0.3 is 18.2 Å². The van der Waals surface area contributed by atoms with Crippen LogP contribution in [0.4, 0.5) is 42.0 Å². The molecule has 310 valence electrons. The van der Waals surface area contributed by atoms with Crippen LogP contribution in [0.2, 0.25) is 0 Å². The Kier molecular flexibility index (Phi) is 10.5. The highest BCUT2D eigenvalue weighted by Gasteiger charge is 2.50. The van der Waals surface area contributed by atoms with E-state index in [-0.39, 0.29) is 89.3 Å². The largest absolute Gasteiger partial charge is 0.461 e. The predicted molar refractivity (Wildman–Crippen MR) is 205 cm³/mol. The second-order valence-electron chi connectivity index (χ2n) is 15.4. The van der Waals surface area contributed by atoms with Crippen LogP contribution in [0.15, 0.2) is 18.2 Å². The molecule has 0 saturated carbocycles. The fourth-order valence-electron chi connectivity index (χ4n) is 9.33. The summed E-state index contributed by atoms with van der Waals surface area (Å²) in [5.74, 6) is -2.29. The van der Waals surface area contributed by atoms with Crippen LogP contribution in [0.1, 0.15) is 43.7 Å². The number of alkyl halides is 4. The van der Waals surface area contributed by atoms with E-state index in [1.54, 1.807) is 28.7 Å². The summed E-state index contributed by atoms with van der Waals surface area (Å²) in [7, 11) is 3.08. The summed E-state index contributed by atoms with van der Waals surface area (Å²) in [4.78, 5) is 29.8. The number of ether oxygens (including phenoxy) is 3. The minimum atomic E-state index is -5.16. The molecule has 19 heteroatoms. The molecule has 8 rings (SSSR count). The lowest BCUT2D eigenvalue weighted by atomic mass is 9.92. The molecule has 0 spiro atoms. The first-order chi connectivity index (χ1) is 27.7. The standard InChI is InChI=1S/C39H42F6N8O4S/c1-4-52(21-10-22(18-55-2)53(15-21)37(54)50-16-23(17-50)56-3)35-25-11-27(39(43,44)45)30(24-6-7-28(41)33-29(24)26(13-46)34(47)58-33)31(42)32(25)48-36(49-35)57-19-38-8-5-9-51(38)14-20(40)12-38/h6-7,11,20-23H,4-5,8-10,12,14-19,47H2,1-3H3. The number of likely N-dealkylation sites (N-methyl/N-ethyl adjacent to an activating group) is 1. The molecule has 4 atom stereocenters. The van der Waals surface area contributed by atoms with E-state index in [4.69, 9.17) is 19.9 Å². The van der Waals surface area contributed by atoms with E-state index in [1.165, 1.54) is 7.11 Å². The van der Waals surface area contributed by atoms with Gasteiger partial charge in [-0.1, -0.05) is 6.07 Å². The highest BCUT2D eigenvalue weighted by Crippen LogP contribution is 2.49. The fraction of sp³-hybridized carbons (Fsp3) is 0.538. The van der Waals surface area contributed by atoms with Crippen LogP contribution in [-0.2, 0) is 15.7 Å². The number of thiophene rings is 1. The third-order valence-electron chi connectivity index (χ3n) is 12.1. The summed E-state index contributed by atoms with van der Waals surface area (Å²) in [6.07, 6.45) is -4.30. The number of aromatic nitrogens is 2. The number of carbonyl (C=O) groups is 1. The first-order valence-corrected chi connectivity index (χ1v) is 19.9. The molecule has 6 heterocycles. The van der Waals surface area contributed by atoms with Gasteiger partial charge in [0.15, 0.2) is 5.82 Å². The van der Waals surface area contributed by atoms with Crippen molar-refractivity contribution in [1.82, 2.24) is 24.7 Å². The van der Waals surface area contributed by atoms with E-state index in [1.807, 2.05) is 11.0 Å². The highest BCUT2D eigenvalue weighted by molar-refractivity contribution is 7.23. The highest BCUT2D eigenvalue weighted by atomic mass is 32.1. The zero-order chi connectivity index (χ0) is 41.3. The van der Waals surface area contributed by atoms with Crippen molar-refractivity contribution in [3.63, 3.8) is 0 Å². The van der Waals surface area contributed by atoms with Crippen LogP contribution >= 0.6 is 11.3 Å². The molecule has 0 bridgehead atoms. The number of amides is 2. The number of nitrogens with two attached hydrogens (primary N) is 1. The van der Waals surface area contributed by atoms with Crippen LogP contribution in [-0.4, -0.2) is 127 Å². The normalized spacial score (nSPS) is 23.8. The number of rotatable bonds is 10. The summed E-state index contributed by atoms with van der Waals surface area (Å²) >= 11 is 0.674. The Hall–Kier alpha value is -4.64. The molecule has 2 N–H and O–H groups in total. The van der Waals surface area contributed by atoms with Crippen LogP contribution in [0.5, 0.6) is 6.01 Å². The summed E-state index contributed by atoms with van der Waals surface area (Å²) in [6.45, 7) is 3.97. The SMILES string of the molecule is CCN(c1nc(OCC23CCCN2CC(F)C3)nc2c(F)c(-c3ccc(F)c4sc(N)c(C#N)c34)c(C(F)(F)F)cc12)C1CC(COC)N(C(=O)N2CC(OC)C2)C1. The van der Waals surface area contributed by atoms with E-state index in [9.17, 15) is 14.4 Å². The maximum Gasteiger partial charge on any atom is 0.417 e. The van der Waals surface area contributed by atoms with Crippen LogP contribution in [0.3, 0.4) is 0 Å². The van der Waals surface area contributed by atoms with Crippen molar-refractivity contribution < 1.29 is 45.3 Å². The maximum absolute atomic E-state index is 17.4. The summed E-state index contributed by atoms with van der Waals surface area (Å²) in [5, 5.41) is 9.27. The molecule has 4 aliphatic heterocycles. The smallest absolute Gasteiger partial charge is 0.417 e. The van der Waals surface area contributed by atoms with Crippen LogP contribution in [0.25, 0.3) is 32.1 Å². The zero-order valence-electron chi connectivity index (χ0n) is 32.0. The molecule has 2 aromatic heterocycles. The first-order valence-electron chi connectivity index (χ1n) is 19.1. The van der Waals surface area contributed by atoms with E-state index >= 15 is 22.0 Å². The van der Waals surface area contributed by atoms with Gasteiger partial charge in [0, 0.05) is 56.6 Å². The summed E-state index contributed by atoms with van der Waals surface area (Å²) in [6, 6.07) is 3.03. The quantitative estimate of drug-likeness (QED) is 0.175. The lowest BCUT2D eigenvalue weighted by molar-refractivity contribution is -0.137. The van der Waals surface area contributed by atoms with Crippen LogP contribution < -0.4 is 15.4 Å². The molecular weight excluding hydrogens is 791 g/mol. The van der Waals surface area contributed by atoms with Crippen molar-refractivity contribution in [2.45, 2.75) is 68.7 Å². The first kappa shape index (κ1) is 40.2. The van der Waals surface area contributed by atoms with Gasteiger partial charge in [-0.25, -0.2) is 18.0 Å². The van der Waals surface area contributed by atoms with Gasteiger partial charge in [-0.15, -0.1) is 11.3 Å². The second-order valence-corrected chi connectivity index (χ2v) is 16.5. The minimum Gasteiger partial charge on any atom is -0.461 e. The molecule has 4 unspecified atom stereocenters. The molecule has 4 fully saturated rings. The zero-order valence-corrected chi connectivity index (χ0v) is 32.9. The number of hydrogen-bond acceptors (Lipinski definition) is 11. The lowest BCUT2D eigenvalue weighted by Crippen LogP contribution is -2.59. The van der Waals surface area contributed by atoms with Gasteiger partial charge in [-0.05, 0) is 50.4 Å². The van der Waals surface area contributed by atoms with Crippen molar-refractivity contribution in [3.8, 4) is 23.2 Å². The molecule has 12 nitrogen and oxygen atoms in total. The number of urea groups is 1. The number of nitrogen functional groups attached to an aromatic ring is 1. The molecule has 4 aromatic rings. The number of nitrogens with zero attached hydrogens (tertiary/aromatic N) is 7.